The van der Waals surface area contributed by atoms with Crippen molar-refractivity contribution in [1.29, 1.82) is 0 Å². The Hall–Kier alpha value is -0.180. The topological polar surface area (TPSA) is 38.4 Å². The Labute approximate surface area is 72.6 Å². The molecule has 0 aromatic rings. The Bertz CT molecular complexity index is 154. The molecule has 0 amide bonds. The van der Waals surface area contributed by atoms with E-state index in [4.69, 9.17) is 5.73 Å². The van der Waals surface area contributed by atoms with Crippen molar-refractivity contribution in [3.8, 4) is 0 Å². The molecule has 2 N–H and O–H groups in total. The summed E-state index contributed by atoms with van der Waals surface area (Å²) in [6.07, 6.45) is 1.17. The fraction of sp³-hybridized carbons (Fsp3) is 0.875. The van der Waals surface area contributed by atoms with Crippen LogP contribution in [0.25, 0.3) is 0 Å². The van der Waals surface area contributed by atoms with Gasteiger partial charge in [-0.1, -0.05) is 13.8 Å². The Morgan fingerprint density at radius 1 is 1.73 bits per heavy atom. The summed E-state index contributed by atoms with van der Waals surface area (Å²) in [6, 6.07) is 0.480. The Balaban J connectivity index is 2.39. The summed E-state index contributed by atoms with van der Waals surface area (Å²) in [5.74, 6) is 3.63. The second-order valence-corrected chi connectivity index (χ2v) is 4.45. The van der Waals surface area contributed by atoms with Crippen molar-refractivity contribution in [2.45, 2.75) is 26.3 Å². The number of rotatable bonds is 2. The molecule has 0 spiro atoms. The van der Waals surface area contributed by atoms with Crippen molar-refractivity contribution in [3.63, 3.8) is 0 Å². The average molecular weight is 172 g/mol. The molecule has 1 heterocycles. The number of nitrogens with zero attached hydrogens (tertiary/aromatic N) is 1. The van der Waals surface area contributed by atoms with Gasteiger partial charge in [0.2, 0.25) is 0 Å². The van der Waals surface area contributed by atoms with Crippen LogP contribution in [0.3, 0.4) is 0 Å². The van der Waals surface area contributed by atoms with Gasteiger partial charge in [0.25, 0.3) is 0 Å². The van der Waals surface area contributed by atoms with E-state index in [1.807, 2.05) is 11.8 Å². The fourth-order valence-electron chi connectivity index (χ4n) is 1.27. The first kappa shape index (κ1) is 8.91. The van der Waals surface area contributed by atoms with Gasteiger partial charge in [-0.2, -0.15) is 11.8 Å². The zero-order valence-electron chi connectivity index (χ0n) is 7.21. The lowest BCUT2D eigenvalue weighted by molar-refractivity contribution is 0.524. The Kier molecular flexibility index (Phi) is 3.24. The van der Waals surface area contributed by atoms with Crippen molar-refractivity contribution in [2.75, 3.05) is 11.5 Å². The van der Waals surface area contributed by atoms with Crippen molar-refractivity contribution in [2.24, 2.45) is 16.6 Å². The number of amidine groups is 1. The van der Waals surface area contributed by atoms with Crippen LogP contribution in [0.2, 0.25) is 0 Å². The molecule has 0 aromatic heterocycles. The maximum absolute atomic E-state index is 5.63. The minimum Gasteiger partial charge on any atom is -0.387 e. The van der Waals surface area contributed by atoms with Gasteiger partial charge < -0.3 is 5.73 Å². The molecule has 0 radical (unpaired) electrons. The van der Waals surface area contributed by atoms with Gasteiger partial charge in [0.1, 0.15) is 5.84 Å². The van der Waals surface area contributed by atoms with E-state index in [0.29, 0.717) is 6.04 Å². The van der Waals surface area contributed by atoms with Crippen molar-refractivity contribution < 1.29 is 0 Å². The third-order valence-corrected chi connectivity index (χ3v) is 2.77. The molecule has 0 aliphatic carbocycles. The molecule has 0 fully saturated rings. The summed E-state index contributed by atoms with van der Waals surface area (Å²) in [7, 11) is 0. The van der Waals surface area contributed by atoms with Crippen LogP contribution in [0.4, 0.5) is 0 Å². The van der Waals surface area contributed by atoms with Gasteiger partial charge in [0.15, 0.2) is 0 Å². The van der Waals surface area contributed by atoms with Gasteiger partial charge in [0, 0.05) is 5.75 Å². The van der Waals surface area contributed by atoms with Crippen LogP contribution in [-0.2, 0) is 0 Å². The van der Waals surface area contributed by atoms with Crippen LogP contribution in [0, 0.1) is 5.92 Å². The summed E-state index contributed by atoms with van der Waals surface area (Å²) in [4.78, 5) is 4.40. The molecule has 0 saturated carbocycles. The normalized spacial score (nSPS) is 25.4. The number of hydrogen-bond acceptors (Lipinski definition) is 3. The molecular formula is C8H16N2S. The third-order valence-electron chi connectivity index (χ3n) is 1.65. The Morgan fingerprint density at radius 3 is 3.00 bits per heavy atom. The zero-order chi connectivity index (χ0) is 8.27. The highest BCUT2D eigenvalue weighted by Gasteiger charge is 2.14. The third kappa shape index (κ3) is 3.14. The second-order valence-electron chi connectivity index (χ2n) is 3.42. The summed E-state index contributed by atoms with van der Waals surface area (Å²) in [6.45, 7) is 4.45. The van der Waals surface area contributed by atoms with Gasteiger partial charge in [-0.05, 0) is 12.3 Å². The van der Waals surface area contributed by atoms with Crippen LogP contribution in [0.1, 0.15) is 20.3 Å². The van der Waals surface area contributed by atoms with Crippen LogP contribution >= 0.6 is 11.8 Å². The minimum absolute atomic E-state index is 0.480. The van der Waals surface area contributed by atoms with E-state index in [1.54, 1.807) is 0 Å². The van der Waals surface area contributed by atoms with E-state index in [9.17, 15) is 0 Å². The molecule has 0 saturated heterocycles. The quantitative estimate of drug-likeness (QED) is 0.685. The molecule has 3 heteroatoms. The first-order valence-corrected chi connectivity index (χ1v) is 5.24. The molecule has 1 atom stereocenters. The molecule has 0 bridgehead atoms. The van der Waals surface area contributed by atoms with Gasteiger partial charge in [-0.15, -0.1) is 0 Å². The number of hydrogen-bond donors (Lipinski definition) is 1. The summed E-state index contributed by atoms with van der Waals surface area (Å²) >= 11 is 1.90. The van der Waals surface area contributed by atoms with E-state index < -0.39 is 0 Å². The molecule has 1 rings (SSSR count). The number of thioether (sulfide) groups is 1. The predicted octanol–water partition coefficient (Wildman–Crippen LogP) is 1.51. The van der Waals surface area contributed by atoms with E-state index in [2.05, 4.69) is 18.8 Å². The molecule has 11 heavy (non-hydrogen) atoms. The van der Waals surface area contributed by atoms with E-state index in [-0.39, 0.29) is 0 Å². The highest BCUT2D eigenvalue weighted by atomic mass is 32.2. The maximum atomic E-state index is 5.63. The molecule has 1 aliphatic rings. The van der Waals surface area contributed by atoms with Crippen LogP contribution in [0.5, 0.6) is 0 Å². The fourth-order valence-corrected chi connectivity index (χ4v) is 2.16. The van der Waals surface area contributed by atoms with Crippen molar-refractivity contribution >= 4 is 17.6 Å². The molecule has 0 aromatic carbocycles. The van der Waals surface area contributed by atoms with E-state index in [0.717, 1.165) is 23.3 Å². The maximum Gasteiger partial charge on any atom is 0.104 e. The van der Waals surface area contributed by atoms with Gasteiger partial charge >= 0.3 is 0 Å². The second kappa shape index (κ2) is 4.00. The van der Waals surface area contributed by atoms with Gasteiger partial charge in [0.05, 0.1) is 11.8 Å². The van der Waals surface area contributed by atoms with Crippen molar-refractivity contribution in [3.05, 3.63) is 0 Å². The summed E-state index contributed by atoms with van der Waals surface area (Å²) in [5, 5.41) is 0. The first-order chi connectivity index (χ1) is 5.18. The number of nitrogens with two attached hydrogens (primary N) is 1. The van der Waals surface area contributed by atoms with E-state index in [1.165, 1.54) is 6.42 Å². The van der Waals surface area contributed by atoms with E-state index >= 15 is 0 Å². The minimum atomic E-state index is 0.480. The molecule has 64 valence electrons. The SMILES string of the molecule is CC(C)CC1CSCC(N)=N1. The lowest BCUT2D eigenvalue weighted by Gasteiger charge is -2.19. The van der Waals surface area contributed by atoms with Crippen LogP contribution < -0.4 is 5.73 Å². The standard InChI is InChI=1S/C8H16N2S/c1-6(2)3-7-4-11-5-8(9)10-7/h6-7H,3-5H2,1-2H3,(H2,9,10). The first-order valence-electron chi connectivity index (χ1n) is 4.08. The van der Waals surface area contributed by atoms with Gasteiger partial charge in [-0.3, -0.25) is 4.99 Å². The summed E-state index contributed by atoms with van der Waals surface area (Å²) in [5.41, 5.74) is 5.63. The predicted molar refractivity (Wildman–Crippen MR) is 52.2 cm³/mol. The molecule has 1 aliphatic heterocycles. The Morgan fingerprint density at radius 2 is 2.45 bits per heavy atom. The summed E-state index contributed by atoms with van der Waals surface area (Å²) < 4.78 is 0. The highest BCUT2D eigenvalue weighted by Crippen LogP contribution is 2.17. The lowest BCUT2D eigenvalue weighted by Crippen LogP contribution is -2.26. The van der Waals surface area contributed by atoms with Crippen LogP contribution in [0.15, 0.2) is 4.99 Å². The van der Waals surface area contributed by atoms with Crippen LogP contribution in [-0.4, -0.2) is 23.4 Å². The molecular weight excluding hydrogens is 156 g/mol. The average Bonchev–Trinajstić information content (AvgIpc) is 1.85. The highest BCUT2D eigenvalue weighted by molar-refractivity contribution is 8.00. The van der Waals surface area contributed by atoms with Gasteiger partial charge in [-0.25, -0.2) is 0 Å². The smallest absolute Gasteiger partial charge is 0.104 e. The monoisotopic (exact) mass is 172 g/mol. The zero-order valence-corrected chi connectivity index (χ0v) is 8.03. The lowest BCUT2D eigenvalue weighted by atomic mass is 10.1. The van der Waals surface area contributed by atoms with Crippen molar-refractivity contribution in [1.82, 2.24) is 0 Å². The largest absolute Gasteiger partial charge is 0.387 e. The number of aliphatic imine (C=N–C) groups is 1. The molecule has 2 nitrogen and oxygen atoms in total. The molecule has 1 unspecified atom stereocenters.